The number of nitrogens with two attached hydrogens (primary N) is 1. The molecular weight excluding hydrogens is 228 g/mol. The fraction of sp³-hybridized carbons (Fsp3) is 0.929. The number of carbonyl (C=O) groups excluding carboxylic acids is 1. The van der Waals surface area contributed by atoms with Gasteiger partial charge in [0.2, 0.25) is 5.91 Å². The molecule has 0 aromatic carbocycles. The van der Waals surface area contributed by atoms with Crippen LogP contribution in [0.2, 0.25) is 0 Å². The van der Waals surface area contributed by atoms with Gasteiger partial charge in [-0.2, -0.15) is 0 Å². The second-order valence-corrected chi connectivity index (χ2v) is 5.87. The summed E-state index contributed by atoms with van der Waals surface area (Å²) in [6.45, 7) is 2.05. The summed E-state index contributed by atoms with van der Waals surface area (Å²) >= 11 is 0. The first-order valence-corrected chi connectivity index (χ1v) is 7.25. The lowest BCUT2D eigenvalue weighted by atomic mass is 9.84. The molecule has 104 valence electrons. The van der Waals surface area contributed by atoms with Crippen molar-refractivity contribution in [2.24, 2.45) is 11.1 Å². The second-order valence-electron chi connectivity index (χ2n) is 5.87. The molecule has 0 radical (unpaired) electrons. The quantitative estimate of drug-likeness (QED) is 0.828. The topological polar surface area (TPSA) is 55.6 Å². The van der Waals surface area contributed by atoms with Crippen molar-refractivity contribution in [3.8, 4) is 0 Å². The van der Waals surface area contributed by atoms with Gasteiger partial charge in [0, 0.05) is 26.7 Å². The number of rotatable bonds is 4. The minimum absolute atomic E-state index is 0.226. The van der Waals surface area contributed by atoms with Crippen LogP contribution in [0.3, 0.4) is 0 Å². The Morgan fingerprint density at radius 3 is 2.61 bits per heavy atom. The molecule has 0 aromatic heterocycles. The maximum atomic E-state index is 12.6. The number of hydrogen-bond donors (Lipinski definition) is 1. The summed E-state index contributed by atoms with van der Waals surface area (Å²) in [4.78, 5) is 14.4. The molecule has 2 fully saturated rings. The largest absolute Gasteiger partial charge is 0.376 e. The molecule has 1 amide bonds. The average molecular weight is 254 g/mol. The first-order chi connectivity index (χ1) is 8.68. The van der Waals surface area contributed by atoms with Crippen molar-refractivity contribution in [3.63, 3.8) is 0 Å². The van der Waals surface area contributed by atoms with Gasteiger partial charge in [-0.05, 0) is 32.1 Å². The van der Waals surface area contributed by atoms with Gasteiger partial charge >= 0.3 is 0 Å². The molecule has 2 aliphatic rings. The van der Waals surface area contributed by atoms with Gasteiger partial charge in [0.25, 0.3) is 0 Å². The van der Waals surface area contributed by atoms with E-state index >= 15 is 0 Å². The van der Waals surface area contributed by atoms with Crippen LogP contribution in [-0.2, 0) is 9.53 Å². The van der Waals surface area contributed by atoms with E-state index in [0.29, 0.717) is 6.54 Å². The molecule has 2 rings (SSSR count). The molecular formula is C14H26N2O2. The highest BCUT2D eigenvalue weighted by atomic mass is 16.5. The van der Waals surface area contributed by atoms with Crippen LogP contribution in [0.4, 0.5) is 0 Å². The molecule has 1 aliphatic carbocycles. The van der Waals surface area contributed by atoms with E-state index in [1.54, 1.807) is 0 Å². The Balaban J connectivity index is 1.90. The molecule has 1 unspecified atom stereocenters. The Kier molecular flexibility index (Phi) is 4.62. The van der Waals surface area contributed by atoms with E-state index in [1.807, 2.05) is 11.9 Å². The predicted molar refractivity (Wildman–Crippen MR) is 71.2 cm³/mol. The van der Waals surface area contributed by atoms with Gasteiger partial charge in [0.15, 0.2) is 0 Å². The minimum Gasteiger partial charge on any atom is -0.376 e. The van der Waals surface area contributed by atoms with Crippen LogP contribution in [0.5, 0.6) is 0 Å². The van der Waals surface area contributed by atoms with Crippen LogP contribution >= 0.6 is 0 Å². The van der Waals surface area contributed by atoms with Gasteiger partial charge in [-0.1, -0.05) is 12.8 Å². The maximum Gasteiger partial charge on any atom is 0.229 e. The third kappa shape index (κ3) is 2.86. The normalized spacial score (nSPS) is 27.1. The van der Waals surface area contributed by atoms with E-state index in [1.165, 1.54) is 6.42 Å². The highest BCUT2D eigenvalue weighted by Gasteiger charge is 2.41. The lowest BCUT2D eigenvalue weighted by Gasteiger charge is -2.34. The van der Waals surface area contributed by atoms with E-state index in [2.05, 4.69) is 0 Å². The summed E-state index contributed by atoms with van der Waals surface area (Å²) in [6, 6.07) is 0. The first-order valence-electron chi connectivity index (χ1n) is 7.25. The van der Waals surface area contributed by atoms with Crippen molar-refractivity contribution >= 4 is 5.91 Å². The highest BCUT2D eigenvalue weighted by molar-refractivity contribution is 5.83. The number of nitrogens with zero attached hydrogens (tertiary/aromatic N) is 1. The monoisotopic (exact) mass is 254 g/mol. The number of likely N-dealkylation sites (N-methyl/N-ethyl adjacent to an activating group) is 1. The minimum atomic E-state index is -0.274. The molecule has 0 aromatic rings. The molecule has 18 heavy (non-hydrogen) atoms. The van der Waals surface area contributed by atoms with Crippen LogP contribution in [0.15, 0.2) is 0 Å². The Morgan fingerprint density at radius 2 is 2.06 bits per heavy atom. The summed E-state index contributed by atoms with van der Waals surface area (Å²) in [5, 5.41) is 0. The van der Waals surface area contributed by atoms with Crippen molar-refractivity contribution in [1.82, 2.24) is 4.90 Å². The molecule has 1 aliphatic heterocycles. The van der Waals surface area contributed by atoms with E-state index in [-0.39, 0.29) is 17.4 Å². The predicted octanol–water partition coefficient (Wildman–Crippen LogP) is 1.53. The summed E-state index contributed by atoms with van der Waals surface area (Å²) in [5.41, 5.74) is 5.59. The molecule has 2 N–H and O–H groups in total. The fourth-order valence-corrected chi connectivity index (χ4v) is 3.30. The number of carbonyl (C=O) groups is 1. The molecule has 0 spiro atoms. The molecule has 1 heterocycles. The van der Waals surface area contributed by atoms with Crippen LogP contribution < -0.4 is 5.73 Å². The fourth-order valence-electron chi connectivity index (χ4n) is 3.30. The molecule has 0 bridgehead atoms. The van der Waals surface area contributed by atoms with Crippen molar-refractivity contribution < 1.29 is 9.53 Å². The zero-order valence-electron chi connectivity index (χ0n) is 11.5. The van der Waals surface area contributed by atoms with Gasteiger partial charge in [-0.25, -0.2) is 0 Å². The summed E-state index contributed by atoms with van der Waals surface area (Å²) in [7, 11) is 1.90. The maximum absolute atomic E-state index is 12.6. The SMILES string of the molecule is CN(CC1CCCCO1)C(=O)C1(CN)CCCC1. The lowest BCUT2D eigenvalue weighted by molar-refractivity contribution is -0.142. The number of ether oxygens (including phenoxy) is 1. The van der Waals surface area contributed by atoms with Gasteiger partial charge in [0.1, 0.15) is 0 Å². The van der Waals surface area contributed by atoms with Crippen LogP contribution in [0.1, 0.15) is 44.9 Å². The molecule has 4 nitrogen and oxygen atoms in total. The van der Waals surface area contributed by atoms with Gasteiger partial charge in [-0.3, -0.25) is 4.79 Å². The average Bonchev–Trinajstić information content (AvgIpc) is 2.89. The van der Waals surface area contributed by atoms with Gasteiger partial charge < -0.3 is 15.4 Å². The Bertz CT molecular complexity index is 282. The number of amides is 1. The van der Waals surface area contributed by atoms with E-state index in [9.17, 15) is 4.79 Å². The van der Waals surface area contributed by atoms with Gasteiger partial charge in [-0.15, -0.1) is 0 Å². The van der Waals surface area contributed by atoms with Crippen molar-refractivity contribution in [3.05, 3.63) is 0 Å². The van der Waals surface area contributed by atoms with E-state index in [0.717, 1.165) is 51.7 Å². The van der Waals surface area contributed by atoms with Crippen LogP contribution in [0, 0.1) is 5.41 Å². The molecule has 1 saturated carbocycles. The van der Waals surface area contributed by atoms with Crippen molar-refractivity contribution in [2.75, 3.05) is 26.7 Å². The lowest BCUT2D eigenvalue weighted by Crippen LogP contribution is -2.47. The Morgan fingerprint density at radius 1 is 1.33 bits per heavy atom. The molecule has 4 heteroatoms. The molecule has 1 atom stereocenters. The first kappa shape index (κ1) is 13.8. The smallest absolute Gasteiger partial charge is 0.229 e. The summed E-state index contributed by atoms with van der Waals surface area (Å²) < 4.78 is 5.70. The van der Waals surface area contributed by atoms with Crippen LogP contribution in [0.25, 0.3) is 0 Å². The summed E-state index contributed by atoms with van der Waals surface area (Å²) in [5.74, 6) is 0.233. The third-order valence-electron chi connectivity index (χ3n) is 4.50. The second kappa shape index (κ2) is 6.02. The highest BCUT2D eigenvalue weighted by Crippen LogP contribution is 2.38. The third-order valence-corrected chi connectivity index (χ3v) is 4.50. The van der Waals surface area contributed by atoms with E-state index < -0.39 is 0 Å². The van der Waals surface area contributed by atoms with Crippen molar-refractivity contribution in [2.45, 2.75) is 51.0 Å². The zero-order valence-corrected chi connectivity index (χ0v) is 11.5. The zero-order chi connectivity index (χ0) is 13.0. The van der Waals surface area contributed by atoms with Gasteiger partial charge in [0.05, 0.1) is 11.5 Å². The van der Waals surface area contributed by atoms with Crippen LogP contribution in [-0.4, -0.2) is 43.7 Å². The summed E-state index contributed by atoms with van der Waals surface area (Å²) in [6.07, 6.45) is 7.86. The van der Waals surface area contributed by atoms with E-state index in [4.69, 9.17) is 10.5 Å². The van der Waals surface area contributed by atoms with Crippen molar-refractivity contribution in [1.29, 1.82) is 0 Å². The number of hydrogen-bond acceptors (Lipinski definition) is 3. The Hall–Kier alpha value is -0.610. The Labute approximate surface area is 110 Å². The molecule has 1 saturated heterocycles. The standard InChI is InChI=1S/C14H26N2O2/c1-16(10-12-6-2-5-9-18-12)13(17)14(11-15)7-3-4-8-14/h12H,2-11,15H2,1H3.